The van der Waals surface area contributed by atoms with Gasteiger partial charge in [-0.05, 0) is 75.9 Å². The van der Waals surface area contributed by atoms with Crippen molar-refractivity contribution in [2.24, 2.45) is 0 Å². The Morgan fingerprint density at radius 2 is 1.56 bits per heavy atom. The Hall–Kier alpha value is -2.82. The van der Waals surface area contributed by atoms with Gasteiger partial charge in [-0.15, -0.1) is 0 Å². The number of hydrogen-bond acceptors (Lipinski definition) is 4. The lowest BCUT2D eigenvalue weighted by molar-refractivity contribution is -0.155. The third-order valence-electron chi connectivity index (χ3n) is 4.44. The van der Waals surface area contributed by atoms with Crippen LogP contribution in [0.15, 0.2) is 30.3 Å². The van der Waals surface area contributed by atoms with Crippen molar-refractivity contribution < 1.29 is 19.1 Å². The van der Waals surface area contributed by atoms with Gasteiger partial charge >= 0.3 is 5.97 Å². The van der Waals surface area contributed by atoms with Crippen LogP contribution < -0.4 is 10.1 Å². The number of aryl methyl sites for hydroxylation is 5. The van der Waals surface area contributed by atoms with Gasteiger partial charge in [0.15, 0.2) is 12.7 Å². The zero-order chi connectivity index (χ0) is 20.1. The SMILES string of the molecule is Cc1cc(C)c(NC(=O)C(C)OC(=O)COc2ccc(C)c(C)c2)c(C)c1. The molecule has 1 amide bonds. The molecule has 2 aromatic carbocycles. The van der Waals surface area contributed by atoms with E-state index in [4.69, 9.17) is 9.47 Å². The highest BCUT2D eigenvalue weighted by atomic mass is 16.6. The van der Waals surface area contributed by atoms with Crippen LogP contribution in [0.25, 0.3) is 0 Å². The molecule has 0 aliphatic carbocycles. The maximum absolute atomic E-state index is 12.4. The number of carbonyl (C=O) groups excluding carboxylic acids is 2. The third kappa shape index (κ3) is 5.58. The maximum atomic E-state index is 12.4. The number of esters is 1. The van der Waals surface area contributed by atoms with Gasteiger partial charge in [-0.3, -0.25) is 4.79 Å². The first-order chi connectivity index (χ1) is 12.7. The largest absolute Gasteiger partial charge is 0.482 e. The highest BCUT2D eigenvalue weighted by molar-refractivity contribution is 5.96. The molecule has 1 atom stereocenters. The van der Waals surface area contributed by atoms with Crippen molar-refractivity contribution in [1.82, 2.24) is 0 Å². The Morgan fingerprint density at radius 3 is 2.15 bits per heavy atom. The van der Waals surface area contributed by atoms with Crippen LogP contribution >= 0.6 is 0 Å². The Morgan fingerprint density at radius 1 is 0.926 bits per heavy atom. The van der Waals surface area contributed by atoms with Gasteiger partial charge in [0.1, 0.15) is 5.75 Å². The molecular formula is C22H27NO4. The number of hydrogen-bond donors (Lipinski definition) is 1. The van der Waals surface area contributed by atoms with Gasteiger partial charge in [-0.2, -0.15) is 0 Å². The summed E-state index contributed by atoms with van der Waals surface area (Å²) in [6, 6.07) is 9.59. The van der Waals surface area contributed by atoms with E-state index in [1.807, 2.05) is 58.9 Å². The van der Waals surface area contributed by atoms with Crippen LogP contribution in [0.2, 0.25) is 0 Å². The minimum Gasteiger partial charge on any atom is -0.482 e. The highest BCUT2D eigenvalue weighted by Gasteiger charge is 2.19. The maximum Gasteiger partial charge on any atom is 0.344 e. The van der Waals surface area contributed by atoms with Crippen LogP contribution in [-0.2, 0) is 14.3 Å². The van der Waals surface area contributed by atoms with Gasteiger partial charge in [0.2, 0.25) is 0 Å². The zero-order valence-corrected chi connectivity index (χ0v) is 16.8. The number of nitrogens with one attached hydrogen (secondary N) is 1. The summed E-state index contributed by atoms with van der Waals surface area (Å²) < 4.78 is 10.6. The molecule has 5 nitrogen and oxygen atoms in total. The third-order valence-corrected chi connectivity index (χ3v) is 4.44. The van der Waals surface area contributed by atoms with Crippen LogP contribution in [-0.4, -0.2) is 24.6 Å². The molecule has 27 heavy (non-hydrogen) atoms. The molecule has 0 spiro atoms. The van der Waals surface area contributed by atoms with Gasteiger partial charge in [-0.25, -0.2) is 4.79 Å². The van der Waals surface area contributed by atoms with E-state index in [1.165, 1.54) is 0 Å². The summed E-state index contributed by atoms with van der Waals surface area (Å²) in [5.41, 5.74) is 6.05. The molecule has 0 bridgehead atoms. The molecular weight excluding hydrogens is 342 g/mol. The minimum atomic E-state index is -0.916. The Kier molecular flexibility index (Phi) is 6.61. The average Bonchev–Trinajstić information content (AvgIpc) is 2.58. The molecule has 0 aromatic heterocycles. The molecule has 144 valence electrons. The fourth-order valence-electron chi connectivity index (χ4n) is 2.83. The topological polar surface area (TPSA) is 64.6 Å². The molecule has 2 rings (SSSR count). The van der Waals surface area contributed by atoms with E-state index < -0.39 is 12.1 Å². The predicted molar refractivity (Wildman–Crippen MR) is 106 cm³/mol. The van der Waals surface area contributed by atoms with Crippen LogP contribution in [0, 0.1) is 34.6 Å². The van der Waals surface area contributed by atoms with Crippen molar-refractivity contribution in [3.05, 3.63) is 58.1 Å². The fourth-order valence-corrected chi connectivity index (χ4v) is 2.83. The fraction of sp³-hybridized carbons (Fsp3) is 0.364. The second-order valence-electron chi connectivity index (χ2n) is 6.93. The summed E-state index contributed by atoms with van der Waals surface area (Å²) in [7, 11) is 0. The summed E-state index contributed by atoms with van der Waals surface area (Å²) in [5.74, 6) is -0.365. The quantitative estimate of drug-likeness (QED) is 0.776. The molecule has 5 heteroatoms. The van der Waals surface area contributed by atoms with Crippen molar-refractivity contribution in [2.75, 3.05) is 11.9 Å². The van der Waals surface area contributed by atoms with Crippen LogP contribution in [0.4, 0.5) is 5.69 Å². The minimum absolute atomic E-state index is 0.247. The Bertz CT molecular complexity index is 834. The number of carbonyl (C=O) groups is 2. The second-order valence-corrected chi connectivity index (χ2v) is 6.93. The van der Waals surface area contributed by atoms with Crippen LogP contribution in [0.1, 0.15) is 34.7 Å². The number of anilines is 1. The first kappa shape index (κ1) is 20.5. The van der Waals surface area contributed by atoms with E-state index in [1.54, 1.807) is 13.0 Å². The summed E-state index contributed by atoms with van der Waals surface area (Å²) in [6.07, 6.45) is -0.916. The summed E-state index contributed by atoms with van der Waals surface area (Å²) >= 11 is 0. The van der Waals surface area contributed by atoms with Crippen molar-refractivity contribution >= 4 is 17.6 Å². The molecule has 0 heterocycles. The molecule has 0 radical (unpaired) electrons. The monoisotopic (exact) mass is 369 g/mol. The first-order valence-electron chi connectivity index (χ1n) is 8.95. The lowest BCUT2D eigenvalue weighted by atomic mass is 10.0. The Labute approximate surface area is 160 Å². The molecule has 0 aliphatic rings. The smallest absolute Gasteiger partial charge is 0.344 e. The molecule has 0 aliphatic heterocycles. The molecule has 0 saturated carbocycles. The number of ether oxygens (including phenoxy) is 2. The van der Waals surface area contributed by atoms with Gasteiger partial charge < -0.3 is 14.8 Å². The van der Waals surface area contributed by atoms with Gasteiger partial charge in [0.25, 0.3) is 5.91 Å². The van der Waals surface area contributed by atoms with Gasteiger partial charge in [0, 0.05) is 5.69 Å². The van der Waals surface area contributed by atoms with E-state index in [2.05, 4.69) is 5.32 Å². The van der Waals surface area contributed by atoms with Crippen LogP contribution in [0.3, 0.4) is 0 Å². The summed E-state index contributed by atoms with van der Waals surface area (Å²) in [4.78, 5) is 24.4. The molecule has 2 aromatic rings. The molecule has 0 fully saturated rings. The van der Waals surface area contributed by atoms with Crippen molar-refractivity contribution in [1.29, 1.82) is 0 Å². The van der Waals surface area contributed by atoms with E-state index >= 15 is 0 Å². The van der Waals surface area contributed by atoms with Gasteiger partial charge in [-0.1, -0.05) is 23.8 Å². The first-order valence-corrected chi connectivity index (χ1v) is 8.95. The van der Waals surface area contributed by atoms with E-state index in [-0.39, 0.29) is 12.5 Å². The average molecular weight is 369 g/mol. The number of benzene rings is 2. The Balaban J connectivity index is 1.90. The lowest BCUT2D eigenvalue weighted by Gasteiger charge is -2.17. The van der Waals surface area contributed by atoms with Crippen molar-refractivity contribution in [3.63, 3.8) is 0 Å². The summed E-state index contributed by atoms with van der Waals surface area (Å²) in [6.45, 7) is 11.1. The van der Waals surface area contributed by atoms with Gasteiger partial charge in [0.05, 0.1) is 0 Å². The number of rotatable bonds is 6. The normalized spacial score (nSPS) is 11.6. The van der Waals surface area contributed by atoms with E-state index in [0.717, 1.165) is 33.5 Å². The summed E-state index contributed by atoms with van der Waals surface area (Å²) in [5, 5.41) is 2.84. The highest BCUT2D eigenvalue weighted by Crippen LogP contribution is 2.22. The zero-order valence-electron chi connectivity index (χ0n) is 16.8. The molecule has 0 saturated heterocycles. The number of amides is 1. The molecule has 1 N–H and O–H groups in total. The van der Waals surface area contributed by atoms with E-state index in [9.17, 15) is 9.59 Å². The van der Waals surface area contributed by atoms with E-state index in [0.29, 0.717) is 5.75 Å². The van der Waals surface area contributed by atoms with Crippen molar-refractivity contribution in [2.45, 2.75) is 47.6 Å². The lowest BCUT2D eigenvalue weighted by Crippen LogP contribution is -2.32. The second kappa shape index (κ2) is 8.71. The standard InChI is InChI=1S/C22H27NO4/c1-13-9-16(4)21(17(5)10-13)23-22(25)18(6)27-20(24)12-26-19-8-7-14(2)15(3)11-19/h7-11,18H,12H2,1-6H3,(H,23,25). The van der Waals surface area contributed by atoms with Crippen molar-refractivity contribution in [3.8, 4) is 5.75 Å². The van der Waals surface area contributed by atoms with Crippen LogP contribution in [0.5, 0.6) is 5.75 Å². The molecule has 1 unspecified atom stereocenters. The predicted octanol–water partition coefficient (Wildman–Crippen LogP) is 4.18.